The fourth-order valence-electron chi connectivity index (χ4n) is 4.60. The summed E-state index contributed by atoms with van der Waals surface area (Å²) >= 11 is 0. The van der Waals surface area contributed by atoms with Crippen LogP contribution in [0.1, 0.15) is 31.2 Å². The predicted molar refractivity (Wildman–Crippen MR) is 114 cm³/mol. The highest BCUT2D eigenvalue weighted by molar-refractivity contribution is 5.77. The average molecular weight is 413 g/mol. The minimum Gasteiger partial charge on any atom is -0.371 e. The fourth-order valence-corrected chi connectivity index (χ4v) is 4.60. The summed E-state index contributed by atoms with van der Waals surface area (Å²) in [5.41, 5.74) is 2.08. The van der Waals surface area contributed by atoms with Crippen molar-refractivity contribution in [1.82, 2.24) is 30.1 Å². The van der Waals surface area contributed by atoms with Crippen LogP contribution in [0.5, 0.6) is 0 Å². The number of rotatable bonds is 6. The SMILES string of the molecule is CN(C)C(=O)CN[C@H]1CCCC[C@]12CN(Cc1ccc(-n3ccnn3)cc1)CCO2. The molecule has 2 aliphatic rings. The molecule has 0 radical (unpaired) electrons. The van der Waals surface area contributed by atoms with Crippen LogP contribution in [0, 0.1) is 0 Å². The first-order valence-corrected chi connectivity index (χ1v) is 10.8. The van der Waals surface area contributed by atoms with E-state index >= 15 is 0 Å². The summed E-state index contributed by atoms with van der Waals surface area (Å²) in [6, 6.07) is 8.69. The maximum absolute atomic E-state index is 12.1. The highest BCUT2D eigenvalue weighted by Crippen LogP contribution is 2.35. The number of hydrogen-bond donors (Lipinski definition) is 1. The molecule has 1 aliphatic carbocycles. The molecule has 2 fully saturated rings. The molecule has 8 heteroatoms. The molecule has 1 saturated carbocycles. The van der Waals surface area contributed by atoms with Gasteiger partial charge < -0.3 is 15.0 Å². The Morgan fingerprint density at radius 3 is 2.87 bits per heavy atom. The first kappa shape index (κ1) is 21.0. The van der Waals surface area contributed by atoms with Crippen molar-refractivity contribution in [2.24, 2.45) is 0 Å². The zero-order chi connectivity index (χ0) is 21.0. The van der Waals surface area contributed by atoms with Gasteiger partial charge in [0.05, 0.1) is 36.8 Å². The molecule has 8 nitrogen and oxygen atoms in total. The van der Waals surface area contributed by atoms with Gasteiger partial charge in [0.1, 0.15) is 0 Å². The van der Waals surface area contributed by atoms with Crippen LogP contribution in [-0.4, -0.2) is 82.7 Å². The molecule has 1 spiro atoms. The van der Waals surface area contributed by atoms with Crippen LogP contribution in [0.2, 0.25) is 0 Å². The quantitative estimate of drug-likeness (QED) is 0.774. The number of carbonyl (C=O) groups is 1. The zero-order valence-corrected chi connectivity index (χ0v) is 18.0. The molecule has 1 aliphatic heterocycles. The van der Waals surface area contributed by atoms with Gasteiger partial charge in [-0.2, -0.15) is 0 Å². The molecule has 2 heterocycles. The Kier molecular flexibility index (Phi) is 6.46. The van der Waals surface area contributed by atoms with Gasteiger partial charge >= 0.3 is 0 Å². The van der Waals surface area contributed by atoms with Crippen molar-refractivity contribution in [2.45, 2.75) is 43.9 Å². The zero-order valence-electron chi connectivity index (χ0n) is 18.0. The molecule has 162 valence electrons. The lowest BCUT2D eigenvalue weighted by Crippen LogP contribution is -2.63. The topological polar surface area (TPSA) is 75.5 Å². The minimum atomic E-state index is -0.205. The first-order valence-electron chi connectivity index (χ1n) is 10.8. The highest BCUT2D eigenvalue weighted by atomic mass is 16.5. The smallest absolute Gasteiger partial charge is 0.236 e. The van der Waals surface area contributed by atoms with E-state index in [1.54, 1.807) is 29.9 Å². The number of carbonyl (C=O) groups excluding carboxylic acids is 1. The van der Waals surface area contributed by atoms with Crippen LogP contribution in [0.4, 0.5) is 0 Å². The minimum absolute atomic E-state index is 0.107. The van der Waals surface area contributed by atoms with E-state index in [0.29, 0.717) is 6.54 Å². The maximum Gasteiger partial charge on any atom is 0.236 e. The summed E-state index contributed by atoms with van der Waals surface area (Å²) < 4.78 is 8.16. The number of aromatic nitrogens is 3. The lowest BCUT2D eigenvalue weighted by atomic mass is 9.78. The van der Waals surface area contributed by atoms with Crippen molar-refractivity contribution in [3.05, 3.63) is 42.2 Å². The third-order valence-electron chi connectivity index (χ3n) is 6.29. The summed E-state index contributed by atoms with van der Waals surface area (Å²) in [6.45, 7) is 3.82. The summed E-state index contributed by atoms with van der Waals surface area (Å²) in [4.78, 5) is 16.2. The molecule has 2 atom stereocenters. The normalized spacial score (nSPS) is 24.8. The number of nitrogens with zero attached hydrogens (tertiary/aromatic N) is 5. The van der Waals surface area contributed by atoms with Crippen LogP contribution < -0.4 is 5.32 Å². The van der Waals surface area contributed by atoms with Crippen LogP contribution in [0.25, 0.3) is 5.69 Å². The number of morpholine rings is 1. The van der Waals surface area contributed by atoms with E-state index in [1.807, 2.05) is 6.20 Å². The van der Waals surface area contributed by atoms with Crippen molar-refractivity contribution in [3.8, 4) is 5.69 Å². The molecule has 1 amide bonds. The van der Waals surface area contributed by atoms with Crippen molar-refractivity contribution >= 4 is 5.91 Å². The summed E-state index contributed by atoms with van der Waals surface area (Å²) in [7, 11) is 3.60. The van der Waals surface area contributed by atoms with E-state index in [9.17, 15) is 4.79 Å². The second kappa shape index (κ2) is 9.24. The second-order valence-electron chi connectivity index (χ2n) is 8.61. The second-order valence-corrected chi connectivity index (χ2v) is 8.61. The van der Waals surface area contributed by atoms with E-state index in [4.69, 9.17) is 4.74 Å². The van der Waals surface area contributed by atoms with Crippen molar-refractivity contribution in [3.63, 3.8) is 0 Å². The average Bonchev–Trinajstić information content (AvgIpc) is 3.28. The third-order valence-corrected chi connectivity index (χ3v) is 6.29. The van der Waals surface area contributed by atoms with Gasteiger partial charge in [-0.1, -0.05) is 30.2 Å². The Labute approximate surface area is 178 Å². The van der Waals surface area contributed by atoms with Crippen molar-refractivity contribution in [1.29, 1.82) is 0 Å². The Hall–Kier alpha value is -2.29. The van der Waals surface area contributed by atoms with Gasteiger partial charge in [0.15, 0.2) is 0 Å². The van der Waals surface area contributed by atoms with Gasteiger partial charge in [0.2, 0.25) is 5.91 Å². The molecule has 30 heavy (non-hydrogen) atoms. The number of nitrogens with one attached hydrogen (secondary N) is 1. The summed E-state index contributed by atoms with van der Waals surface area (Å²) in [5, 5.41) is 11.4. The molecular weight excluding hydrogens is 380 g/mol. The van der Waals surface area contributed by atoms with Crippen molar-refractivity contribution < 1.29 is 9.53 Å². The molecule has 0 bridgehead atoms. The van der Waals surface area contributed by atoms with Crippen LogP contribution in [0.15, 0.2) is 36.7 Å². The standard InChI is InChI=1S/C22H32N6O2/c1-26(2)21(29)15-23-20-5-3-4-10-22(20)17-27(13-14-30-22)16-18-6-8-19(9-7-18)28-12-11-24-25-28/h6-9,11-12,20,23H,3-5,10,13-17H2,1-2H3/t20-,22-/m0/s1. The Balaban J connectivity index is 1.40. The van der Waals surface area contributed by atoms with Gasteiger partial charge in [-0.15, -0.1) is 5.10 Å². The van der Waals surface area contributed by atoms with Gasteiger partial charge in [-0.05, 0) is 30.5 Å². The van der Waals surface area contributed by atoms with Gasteiger partial charge in [-0.3, -0.25) is 9.69 Å². The monoisotopic (exact) mass is 412 g/mol. The number of amides is 1. The molecule has 1 aromatic heterocycles. The fraction of sp³-hybridized carbons (Fsp3) is 0.591. The number of ether oxygens (including phenoxy) is 1. The summed E-state index contributed by atoms with van der Waals surface area (Å²) in [5.74, 6) is 0.107. The van der Waals surface area contributed by atoms with Gasteiger partial charge in [0, 0.05) is 39.8 Å². The lowest BCUT2D eigenvalue weighted by molar-refractivity contribution is -0.147. The Morgan fingerprint density at radius 1 is 1.30 bits per heavy atom. The molecular formula is C22H32N6O2. The lowest BCUT2D eigenvalue weighted by Gasteiger charge is -2.50. The van der Waals surface area contributed by atoms with Crippen LogP contribution in [0.3, 0.4) is 0 Å². The van der Waals surface area contributed by atoms with Crippen LogP contribution in [-0.2, 0) is 16.1 Å². The highest BCUT2D eigenvalue weighted by Gasteiger charge is 2.45. The van der Waals surface area contributed by atoms with E-state index in [1.165, 1.54) is 18.4 Å². The Bertz CT molecular complexity index is 819. The molecule has 2 aromatic rings. The molecule has 1 N–H and O–H groups in total. The van der Waals surface area contributed by atoms with Gasteiger partial charge in [-0.25, -0.2) is 4.68 Å². The van der Waals surface area contributed by atoms with Crippen LogP contribution >= 0.6 is 0 Å². The third kappa shape index (κ3) is 4.71. The van der Waals surface area contributed by atoms with Gasteiger partial charge in [0.25, 0.3) is 0 Å². The maximum atomic E-state index is 12.1. The number of likely N-dealkylation sites (N-methyl/N-ethyl adjacent to an activating group) is 1. The number of benzene rings is 1. The largest absolute Gasteiger partial charge is 0.371 e. The Morgan fingerprint density at radius 2 is 2.13 bits per heavy atom. The molecule has 4 rings (SSSR count). The number of hydrogen-bond acceptors (Lipinski definition) is 6. The van der Waals surface area contributed by atoms with E-state index in [-0.39, 0.29) is 17.6 Å². The molecule has 1 aromatic carbocycles. The predicted octanol–water partition coefficient (Wildman–Crippen LogP) is 1.46. The van der Waals surface area contributed by atoms with E-state index in [2.05, 4.69) is 44.8 Å². The summed E-state index contributed by atoms with van der Waals surface area (Å²) in [6.07, 6.45) is 7.99. The first-order chi connectivity index (χ1) is 14.6. The van der Waals surface area contributed by atoms with E-state index in [0.717, 1.165) is 44.8 Å². The molecule has 1 saturated heterocycles. The molecule has 0 unspecified atom stereocenters. The van der Waals surface area contributed by atoms with Crippen molar-refractivity contribution in [2.75, 3.05) is 40.3 Å². The van der Waals surface area contributed by atoms with E-state index < -0.39 is 0 Å².